The van der Waals surface area contributed by atoms with E-state index in [4.69, 9.17) is 4.74 Å². The van der Waals surface area contributed by atoms with Gasteiger partial charge in [-0.3, -0.25) is 0 Å². The maximum Gasteiger partial charge on any atom is 0.0903 e. The number of ether oxygens (including phenoxy) is 1. The minimum absolute atomic E-state index is 0.199. The summed E-state index contributed by atoms with van der Waals surface area (Å²) >= 11 is 0. The fourth-order valence-electron chi connectivity index (χ4n) is 2.97. The summed E-state index contributed by atoms with van der Waals surface area (Å²) in [6.45, 7) is 2.77. The van der Waals surface area contributed by atoms with Crippen LogP contribution in [0.15, 0.2) is 11.6 Å². The molecule has 1 aliphatic heterocycles. The zero-order valence-corrected chi connectivity index (χ0v) is 10.4. The highest BCUT2D eigenvalue weighted by molar-refractivity contribution is 5.18. The molecule has 2 rings (SSSR count). The van der Waals surface area contributed by atoms with E-state index in [-0.39, 0.29) is 6.10 Å². The molecule has 2 atom stereocenters. The van der Waals surface area contributed by atoms with E-state index >= 15 is 0 Å². The van der Waals surface area contributed by atoms with Gasteiger partial charge >= 0.3 is 0 Å². The van der Waals surface area contributed by atoms with Gasteiger partial charge in [-0.25, -0.2) is 0 Å². The van der Waals surface area contributed by atoms with E-state index in [0.29, 0.717) is 6.61 Å². The first-order valence-corrected chi connectivity index (χ1v) is 6.74. The van der Waals surface area contributed by atoms with Crippen LogP contribution in [0.4, 0.5) is 0 Å². The molecule has 2 heteroatoms. The van der Waals surface area contributed by atoms with Crippen LogP contribution in [0.5, 0.6) is 0 Å². The van der Waals surface area contributed by atoms with E-state index in [1.54, 1.807) is 0 Å². The van der Waals surface area contributed by atoms with Gasteiger partial charge in [0.25, 0.3) is 0 Å². The van der Waals surface area contributed by atoms with Crippen LogP contribution < -0.4 is 0 Å². The fourth-order valence-corrected chi connectivity index (χ4v) is 2.97. The van der Waals surface area contributed by atoms with E-state index in [1.165, 1.54) is 31.3 Å². The van der Waals surface area contributed by atoms with Crippen molar-refractivity contribution in [3.8, 4) is 0 Å². The zero-order valence-electron chi connectivity index (χ0n) is 10.4. The Bertz CT molecular complexity index is 259. The lowest BCUT2D eigenvalue weighted by molar-refractivity contribution is -0.0787. The second-order valence-electron chi connectivity index (χ2n) is 5.35. The van der Waals surface area contributed by atoms with Crippen molar-refractivity contribution in [2.45, 2.75) is 70.0 Å². The second kappa shape index (κ2) is 5.33. The van der Waals surface area contributed by atoms with Crippen LogP contribution in [0.1, 0.15) is 58.3 Å². The molecular weight excluding hydrogens is 200 g/mol. The normalized spacial score (nSPS) is 37.4. The molecular formula is C14H24O2. The molecule has 92 valence electrons. The average molecular weight is 224 g/mol. The van der Waals surface area contributed by atoms with Gasteiger partial charge in [-0.1, -0.05) is 18.9 Å². The Labute approximate surface area is 98.7 Å². The fraction of sp³-hybridized carbons (Fsp3) is 0.857. The molecule has 2 nitrogen and oxygen atoms in total. The molecule has 0 amide bonds. The number of hydrogen-bond acceptors (Lipinski definition) is 2. The van der Waals surface area contributed by atoms with Crippen LogP contribution in [0.2, 0.25) is 0 Å². The second-order valence-corrected chi connectivity index (χ2v) is 5.35. The summed E-state index contributed by atoms with van der Waals surface area (Å²) in [7, 11) is 0. The van der Waals surface area contributed by atoms with Crippen molar-refractivity contribution in [3.05, 3.63) is 11.6 Å². The van der Waals surface area contributed by atoms with Gasteiger partial charge in [0.1, 0.15) is 0 Å². The van der Waals surface area contributed by atoms with Crippen LogP contribution >= 0.6 is 0 Å². The summed E-state index contributed by atoms with van der Waals surface area (Å²) in [6, 6.07) is 0. The standard InChI is InChI=1S/C14H24O2/c1-12-11-14(15,9-10-16-12)13-7-5-3-2-4-6-8-13/h7,12,15H,2-6,8-11H2,1H3. The van der Waals surface area contributed by atoms with Crippen molar-refractivity contribution in [2.24, 2.45) is 0 Å². The third kappa shape index (κ3) is 2.86. The molecule has 0 spiro atoms. The molecule has 2 aliphatic rings. The Morgan fingerprint density at radius 2 is 2.12 bits per heavy atom. The highest BCUT2D eigenvalue weighted by atomic mass is 16.5. The van der Waals surface area contributed by atoms with Gasteiger partial charge in [0.05, 0.1) is 11.7 Å². The van der Waals surface area contributed by atoms with Crippen molar-refractivity contribution in [3.63, 3.8) is 0 Å². The molecule has 1 saturated heterocycles. The largest absolute Gasteiger partial charge is 0.385 e. The molecule has 0 saturated carbocycles. The van der Waals surface area contributed by atoms with Crippen molar-refractivity contribution in [1.29, 1.82) is 0 Å². The monoisotopic (exact) mass is 224 g/mol. The Morgan fingerprint density at radius 3 is 2.94 bits per heavy atom. The first kappa shape index (κ1) is 12.1. The van der Waals surface area contributed by atoms with Crippen LogP contribution in [-0.2, 0) is 4.74 Å². The number of aliphatic hydroxyl groups is 1. The van der Waals surface area contributed by atoms with E-state index in [1.807, 2.05) is 0 Å². The first-order chi connectivity index (χ1) is 7.71. The van der Waals surface area contributed by atoms with Crippen LogP contribution in [0.3, 0.4) is 0 Å². The van der Waals surface area contributed by atoms with Crippen LogP contribution in [0.25, 0.3) is 0 Å². The molecule has 0 radical (unpaired) electrons. The molecule has 0 aromatic carbocycles. The molecule has 2 unspecified atom stereocenters. The molecule has 0 aromatic heterocycles. The van der Waals surface area contributed by atoms with Gasteiger partial charge in [0, 0.05) is 19.4 Å². The minimum Gasteiger partial charge on any atom is -0.385 e. The van der Waals surface area contributed by atoms with Crippen molar-refractivity contribution in [2.75, 3.05) is 6.61 Å². The van der Waals surface area contributed by atoms with E-state index in [9.17, 15) is 5.11 Å². The van der Waals surface area contributed by atoms with Crippen LogP contribution in [0, 0.1) is 0 Å². The third-order valence-electron chi connectivity index (χ3n) is 3.93. The van der Waals surface area contributed by atoms with E-state index in [2.05, 4.69) is 13.0 Å². The Kier molecular flexibility index (Phi) is 4.04. The number of rotatable bonds is 1. The summed E-state index contributed by atoms with van der Waals surface area (Å²) in [4.78, 5) is 0. The number of hydrogen-bond donors (Lipinski definition) is 1. The van der Waals surface area contributed by atoms with E-state index < -0.39 is 5.60 Å². The lowest BCUT2D eigenvalue weighted by Gasteiger charge is -2.38. The van der Waals surface area contributed by atoms with Crippen molar-refractivity contribution >= 4 is 0 Å². The van der Waals surface area contributed by atoms with Gasteiger partial charge in [0.2, 0.25) is 0 Å². The smallest absolute Gasteiger partial charge is 0.0903 e. The van der Waals surface area contributed by atoms with Crippen molar-refractivity contribution in [1.82, 2.24) is 0 Å². The highest BCUT2D eigenvalue weighted by Gasteiger charge is 2.36. The lowest BCUT2D eigenvalue weighted by Crippen LogP contribution is -2.41. The lowest BCUT2D eigenvalue weighted by atomic mass is 9.80. The molecule has 1 aliphatic carbocycles. The average Bonchev–Trinajstić information content (AvgIpc) is 2.15. The zero-order chi connectivity index (χ0) is 11.4. The predicted octanol–water partition coefficient (Wildman–Crippen LogP) is 3.20. The molecule has 0 aromatic rings. The molecule has 1 N–H and O–H groups in total. The minimum atomic E-state index is -0.561. The summed E-state index contributed by atoms with van der Waals surface area (Å²) in [6.07, 6.45) is 11.5. The molecule has 1 heterocycles. The molecule has 0 bridgehead atoms. The SMILES string of the molecule is CC1CC(O)(C2=CCCCCCC2)CCO1. The van der Waals surface area contributed by atoms with Gasteiger partial charge in [-0.2, -0.15) is 0 Å². The first-order valence-electron chi connectivity index (χ1n) is 6.74. The summed E-state index contributed by atoms with van der Waals surface area (Å²) in [5, 5.41) is 10.7. The highest BCUT2D eigenvalue weighted by Crippen LogP contribution is 2.35. The summed E-state index contributed by atoms with van der Waals surface area (Å²) < 4.78 is 5.53. The predicted molar refractivity (Wildman–Crippen MR) is 65.4 cm³/mol. The summed E-state index contributed by atoms with van der Waals surface area (Å²) in [5.74, 6) is 0. The summed E-state index contributed by atoms with van der Waals surface area (Å²) in [5.41, 5.74) is 0.733. The van der Waals surface area contributed by atoms with Crippen molar-refractivity contribution < 1.29 is 9.84 Å². The Balaban J connectivity index is 2.07. The third-order valence-corrected chi connectivity index (χ3v) is 3.93. The maximum absolute atomic E-state index is 10.7. The quantitative estimate of drug-likeness (QED) is 0.693. The topological polar surface area (TPSA) is 29.5 Å². The molecule has 16 heavy (non-hydrogen) atoms. The van der Waals surface area contributed by atoms with Gasteiger partial charge in [-0.05, 0) is 38.2 Å². The number of allylic oxidation sites excluding steroid dienone is 1. The van der Waals surface area contributed by atoms with Crippen LogP contribution in [-0.4, -0.2) is 23.4 Å². The van der Waals surface area contributed by atoms with E-state index in [0.717, 1.165) is 25.7 Å². The Hall–Kier alpha value is -0.340. The maximum atomic E-state index is 10.7. The van der Waals surface area contributed by atoms with Gasteiger partial charge < -0.3 is 9.84 Å². The van der Waals surface area contributed by atoms with Gasteiger partial charge in [-0.15, -0.1) is 0 Å². The van der Waals surface area contributed by atoms with Gasteiger partial charge in [0.15, 0.2) is 0 Å². The molecule has 1 fully saturated rings. The Morgan fingerprint density at radius 1 is 1.31 bits per heavy atom.